The van der Waals surface area contributed by atoms with Crippen molar-refractivity contribution in [3.8, 4) is 5.00 Å². The van der Waals surface area contributed by atoms with Gasteiger partial charge in [0.05, 0.1) is 12.1 Å². The van der Waals surface area contributed by atoms with E-state index in [1.54, 1.807) is 11.3 Å². The molecule has 0 aliphatic carbocycles. The van der Waals surface area contributed by atoms with Crippen molar-refractivity contribution in [2.24, 2.45) is 4.99 Å². The maximum Gasteiger partial charge on any atom is 0.222 e. The maximum absolute atomic E-state index is 13.1. The van der Waals surface area contributed by atoms with Crippen LogP contribution in [0.5, 0.6) is 0 Å². The number of hydrogen-bond acceptors (Lipinski definition) is 7. The molecule has 1 fully saturated rings. The molecule has 1 N–H and O–H groups in total. The summed E-state index contributed by atoms with van der Waals surface area (Å²) >= 11 is 7.90. The van der Waals surface area contributed by atoms with Gasteiger partial charge >= 0.3 is 0 Å². The van der Waals surface area contributed by atoms with Gasteiger partial charge in [-0.3, -0.25) is 19.3 Å². The van der Waals surface area contributed by atoms with Crippen LogP contribution in [0.1, 0.15) is 73.4 Å². The number of aryl methyl sites for hydroxylation is 2. The standard InChI is InChI=1S/C26H32ClN7OS.2C2H6/c1-16-17(2)36-26-23(16)24(19-5-7-20(27)8-6-19)29-21(25-31-30-18(3)34(25)26)15-22(35)28-9-10-33-13-11-32(4)12-14-33;2*1-2/h5-8,21H,9-15H2,1-4H3,(H,28,35);2*1-2H3. The first-order chi connectivity index (χ1) is 19.3. The van der Waals surface area contributed by atoms with Gasteiger partial charge in [-0.1, -0.05) is 51.4 Å². The Morgan fingerprint density at radius 1 is 1.02 bits per heavy atom. The number of aromatic nitrogens is 3. The van der Waals surface area contributed by atoms with Crippen LogP contribution in [0.2, 0.25) is 5.02 Å². The lowest BCUT2D eigenvalue weighted by Gasteiger charge is -2.32. The van der Waals surface area contributed by atoms with Crippen molar-refractivity contribution in [3.05, 3.63) is 62.5 Å². The van der Waals surface area contributed by atoms with Crippen molar-refractivity contribution in [2.75, 3.05) is 46.3 Å². The van der Waals surface area contributed by atoms with E-state index in [-0.39, 0.29) is 12.3 Å². The number of nitrogens with zero attached hydrogens (tertiary/aromatic N) is 6. The van der Waals surface area contributed by atoms with Crippen LogP contribution in [0.15, 0.2) is 29.3 Å². The molecule has 2 aliphatic heterocycles. The molecule has 0 radical (unpaired) electrons. The van der Waals surface area contributed by atoms with Gasteiger partial charge in [0.1, 0.15) is 16.9 Å². The smallest absolute Gasteiger partial charge is 0.222 e. The summed E-state index contributed by atoms with van der Waals surface area (Å²) in [7, 11) is 2.15. The summed E-state index contributed by atoms with van der Waals surface area (Å²) in [5.41, 5.74) is 4.09. The van der Waals surface area contributed by atoms with Crippen molar-refractivity contribution in [1.82, 2.24) is 29.9 Å². The number of piperazine rings is 1. The molecule has 1 amide bonds. The largest absolute Gasteiger partial charge is 0.355 e. The average molecular weight is 586 g/mol. The zero-order valence-corrected chi connectivity index (χ0v) is 26.8. The van der Waals surface area contributed by atoms with E-state index in [2.05, 4.69) is 50.8 Å². The Morgan fingerprint density at radius 2 is 1.68 bits per heavy atom. The molecule has 4 heterocycles. The van der Waals surface area contributed by atoms with Crippen molar-refractivity contribution in [2.45, 2.75) is 60.9 Å². The van der Waals surface area contributed by atoms with Crippen LogP contribution in [0.4, 0.5) is 0 Å². The zero-order chi connectivity index (χ0) is 29.4. The van der Waals surface area contributed by atoms with E-state index in [1.165, 1.54) is 10.4 Å². The second kappa shape index (κ2) is 14.9. The number of carbonyl (C=O) groups excluding carboxylic acids is 1. The number of aliphatic imine (C=N–C) groups is 1. The number of hydrogen-bond donors (Lipinski definition) is 1. The zero-order valence-electron chi connectivity index (χ0n) is 25.2. The van der Waals surface area contributed by atoms with E-state index in [0.29, 0.717) is 17.4 Å². The van der Waals surface area contributed by atoms with Gasteiger partial charge in [0, 0.05) is 60.3 Å². The summed E-state index contributed by atoms with van der Waals surface area (Å²) < 4.78 is 2.08. The Hall–Kier alpha value is -2.59. The monoisotopic (exact) mass is 585 g/mol. The van der Waals surface area contributed by atoms with Crippen LogP contribution in [-0.4, -0.2) is 82.5 Å². The van der Waals surface area contributed by atoms with Crippen molar-refractivity contribution in [1.29, 1.82) is 0 Å². The first kappa shape index (κ1) is 31.9. The van der Waals surface area contributed by atoms with Crippen molar-refractivity contribution < 1.29 is 4.79 Å². The molecule has 0 bridgehead atoms. The first-order valence-electron chi connectivity index (χ1n) is 14.4. The van der Waals surface area contributed by atoms with E-state index in [4.69, 9.17) is 16.6 Å². The third-order valence-electron chi connectivity index (χ3n) is 7.08. The van der Waals surface area contributed by atoms with Gasteiger partial charge in [0.25, 0.3) is 0 Å². The summed E-state index contributed by atoms with van der Waals surface area (Å²) in [5, 5.41) is 13.7. The SMILES string of the molecule is CC.CC.Cc1sc2c(c1C)C(c1ccc(Cl)cc1)=NC(CC(=O)NCCN1CCN(C)CC1)c1nnc(C)n1-2. The second-order valence-electron chi connectivity index (χ2n) is 9.60. The average Bonchev–Trinajstić information content (AvgIpc) is 3.44. The van der Waals surface area contributed by atoms with Crippen LogP contribution in [0, 0.1) is 20.8 Å². The number of likely N-dealkylation sites (N-methyl/N-ethyl adjacent to an activating group) is 1. The molecule has 2 aliphatic rings. The Labute approximate surface area is 248 Å². The van der Waals surface area contributed by atoms with Gasteiger partial charge in [0.15, 0.2) is 5.82 Å². The van der Waals surface area contributed by atoms with E-state index >= 15 is 0 Å². The van der Waals surface area contributed by atoms with Gasteiger partial charge in [-0.05, 0) is 45.5 Å². The van der Waals surface area contributed by atoms with Gasteiger partial charge in [-0.25, -0.2) is 0 Å². The lowest BCUT2D eigenvalue weighted by molar-refractivity contribution is -0.121. The van der Waals surface area contributed by atoms with Crippen LogP contribution in [0.25, 0.3) is 5.00 Å². The Bertz CT molecular complexity index is 1290. The van der Waals surface area contributed by atoms with Crippen molar-refractivity contribution in [3.63, 3.8) is 0 Å². The molecule has 1 unspecified atom stereocenters. The topological polar surface area (TPSA) is 78.7 Å². The fourth-order valence-corrected chi connectivity index (χ4v) is 6.15. The molecule has 1 saturated heterocycles. The number of thiophene rings is 1. The lowest BCUT2D eigenvalue weighted by Crippen LogP contribution is -2.47. The third kappa shape index (κ3) is 7.18. The first-order valence-corrected chi connectivity index (χ1v) is 15.5. The summed E-state index contributed by atoms with van der Waals surface area (Å²) in [4.78, 5) is 24.2. The summed E-state index contributed by atoms with van der Waals surface area (Å²) in [6.45, 7) is 19.9. The highest BCUT2D eigenvalue weighted by atomic mass is 35.5. The summed E-state index contributed by atoms with van der Waals surface area (Å²) in [6, 6.07) is 7.29. The number of rotatable bonds is 6. The van der Waals surface area contributed by atoms with E-state index in [9.17, 15) is 4.79 Å². The fraction of sp³-hybridized carbons (Fsp3) is 0.533. The number of benzene rings is 1. The highest BCUT2D eigenvalue weighted by Crippen LogP contribution is 2.39. The van der Waals surface area contributed by atoms with Gasteiger partial charge < -0.3 is 10.2 Å². The third-order valence-corrected chi connectivity index (χ3v) is 8.53. The summed E-state index contributed by atoms with van der Waals surface area (Å²) in [6.07, 6.45) is 0.213. The number of amides is 1. The maximum atomic E-state index is 13.1. The molecule has 0 spiro atoms. The Morgan fingerprint density at radius 3 is 2.33 bits per heavy atom. The molecule has 1 aromatic carbocycles. The minimum atomic E-state index is -0.445. The molecule has 10 heteroatoms. The Balaban J connectivity index is 0.00000106. The number of nitrogens with one attached hydrogen (secondary N) is 1. The fourth-order valence-electron chi connectivity index (χ4n) is 4.81. The molecular weight excluding hydrogens is 542 g/mol. The minimum Gasteiger partial charge on any atom is -0.355 e. The molecule has 8 nitrogen and oxygen atoms in total. The predicted octanol–water partition coefficient (Wildman–Crippen LogP) is 5.61. The van der Waals surface area contributed by atoms with Gasteiger partial charge in [0.2, 0.25) is 5.91 Å². The highest BCUT2D eigenvalue weighted by molar-refractivity contribution is 7.15. The van der Waals surface area contributed by atoms with Crippen LogP contribution in [-0.2, 0) is 4.79 Å². The molecular formula is C30H44ClN7OS. The molecule has 3 aromatic rings. The normalized spacial score (nSPS) is 16.8. The van der Waals surface area contributed by atoms with Crippen molar-refractivity contribution >= 4 is 34.6 Å². The minimum absolute atomic E-state index is 0.0290. The molecule has 0 saturated carbocycles. The predicted molar refractivity (Wildman–Crippen MR) is 168 cm³/mol. The Kier molecular flexibility index (Phi) is 11.9. The summed E-state index contributed by atoms with van der Waals surface area (Å²) in [5.74, 6) is 1.47. The second-order valence-corrected chi connectivity index (χ2v) is 11.2. The molecule has 2 aromatic heterocycles. The van der Waals surface area contributed by atoms with Crippen LogP contribution >= 0.6 is 22.9 Å². The van der Waals surface area contributed by atoms with Crippen LogP contribution in [0.3, 0.4) is 0 Å². The van der Waals surface area contributed by atoms with E-state index in [1.807, 2.05) is 58.9 Å². The van der Waals surface area contributed by atoms with Gasteiger partial charge in [-0.2, -0.15) is 0 Å². The molecule has 40 heavy (non-hydrogen) atoms. The number of halogens is 1. The molecule has 1 atom stereocenters. The number of carbonyl (C=O) groups is 1. The molecule has 218 valence electrons. The number of fused-ring (bicyclic) bond motifs is 3. The van der Waals surface area contributed by atoms with E-state index < -0.39 is 6.04 Å². The molecule has 5 rings (SSSR count). The quantitative estimate of drug-likeness (QED) is 0.407. The lowest BCUT2D eigenvalue weighted by atomic mass is 9.99. The van der Waals surface area contributed by atoms with Crippen LogP contribution < -0.4 is 5.32 Å². The highest BCUT2D eigenvalue weighted by Gasteiger charge is 2.32. The van der Waals surface area contributed by atoms with Gasteiger partial charge in [-0.15, -0.1) is 21.5 Å². The van der Waals surface area contributed by atoms with E-state index in [0.717, 1.165) is 60.4 Å².